The molecule has 0 atom stereocenters. The van der Waals surface area contributed by atoms with Crippen molar-refractivity contribution in [3.63, 3.8) is 0 Å². The fraction of sp³-hybridized carbons (Fsp3) is 0.0625. The third-order valence-electron chi connectivity index (χ3n) is 2.92. The Bertz CT molecular complexity index is 781. The fourth-order valence-electron chi connectivity index (χ4n) is 1.84. The van der Waals surface area contributed by atoms with E-state index in [0.29, 0.717) is 0 Å². The summed E-state index contributed by atoms with van der Waals surface area (Å²) in [5, 5.41) is 11.1. The lowest BCUT2D eigenvalue weighted by Gasteiger charge is -2.10. The van der Waals surface area contributed by atoms with Gasteiger partial charge in [0.2, 0.25) is 0 Å². The van der Waals surface area contributed by atoms with Crippen molar-refractivity contribution in [2.24, 2.45) is 0 Å². The van der Waals surface area contributed by atoms with Crippen LogP contribution in [0.1, 0.15) is 26.3 Å². The second kappa shape index (κ2) is 6.50. The topological polar surface area (TPSA) is 79.2 Å². The van der Waals surface area contributed by atoms with Crippen molar-refractivity contribution in [1.29, 1.82) is 5.26 Å². The van der Waals surface area contributed by atoms with Crippen LogP contribution in [0.25, 0.3) is 0 Å². The average molecular weight is 298 g/mol. The van der Waals surface area contributed by atoms with Crippen molar-refractivity contribution >= 4 is 17.6 Å². The molecule has 2 rings (SSSR count). The number of amides is 1. The molecule has 1 amide bonds. The first-order valence-electron chi connectivity index (χ1n) is 6.25. The van der Waals surface area contributed by atoms with Crippen molar-refractivity contribution in [3.8, 4) is 6.07 Å². The van der Waals surface area contributed by atoms with Crippen LogP contribution in [0.2, 0.25) is 0 Å². The number of halogens is 1. The van der Waals surface area contributed by atoms with Crippen LogP contribution in [-0.2, 0) is 4.74 Å². The number of para-hydroxylation sites is 1. The zero-order valence-corrected chi connectivity index (χ0v) is 11.6. The summed E-state index contributed by atoms with van der Waals surface area (Å²) in [6.45, 7) is 0. The minimum Gasteiger partial charge on any atom is -0.465 e. The van der Waals surface area contributed by atoms with Gasteiger partial charge in [0.15, 0.2) is 0 Å². The molecule has 22 heavy (non-hydrogen) atoms. The third-order valence-corrected chi connectivity index (χ3v) is 2.92. The predicted octanol–water partition coefficient (Wildman–Crippen LogP) is 2.74. The normalized spacial score (nSPS) is 9.68. The maximum atomic E-state index is 13.8. The van der Waals surface area contributed by atoms with Gasteiger partial charge in [0, 0.05) is 0 Å². The van der Waals surface area contributed by atoms with Gasteiger partial charge in [-0.25, -0.2) is 9.18 Å². The standard InChI is InChI=1S/C16H11FN2O3/c1-22-16(21)12-4-2-3-5-14(12)19-15(20)11-7-6-10(9-18)8-13(11)17/h2-8H,1H3,(H,19,20). The first-order valence-corrected chi connectivity index (χ1v) is 6.25. The minimum absolute atomic E-state index is 0.115. The SMILES string of the molecule is COC(=O)c1ccccc1NC(=O)c1ccc(C#N)cc1F. The molecule has 5 nitrogen and oxygen atoms in total. The second-order valence-electron chi connectivity index (χ2n) is 4.30. The number of benzene rings is 2. The lowest BCUT2D eigenvalue weighted by Crippen LogP contribution is -2.16. The molecule has 2 aromatic rings. The Morgan fingerprint density at radius 2 is 1.91 bits per heavy atom. The third kappa shape index (κ3) is 3.10. The molecule has 110 valence electrons. The molecule has 0 bridgehead atoms. The van der Waals surface area contributed by atoms with Crippen molar-refractivity contribution in [1.82, 2.24) is 0 Å². The van der Waals surface area contributed by atoms with Crippen LogP contribution in [0.4, 0.5) is 10.1 Å². The first kappa shape index (κ1) is 15.2. The van der Waals surface area contributed by atoms with Crippen LogP contribution in [0.5, 0.6) is 0 Å². The van der Waals surface area contributed by atoms with E-state index in [0.717, 1.165) is 6.07 Å². The quantitative estimate of drug-likeness (QED) is 0.884. The van der Waals surface area contributed by atoms with Gasteiger partial charge in [0.05, 0.1) is 35.6 Å². The molecule has 0 fully saturated rings. The van der Waals surface area contributed by atoms with Gasteiger partial charge in [0.1, 0.15) is 5.82 Å². The van der Waals surface area contributed by atoms with Crippen molar-refractivity contribution in [2.75, 3.05) is 12.4 Å². The van der Waals surface area contributed by atoms with Gasteiger partial charge in [0.25, 0.3) is 5.91 Å². The smallest absolute Gasteiger partial charge is 0.339 e. The number of carbonyl (C=O) groups is 2. The zero-order chi connectivity index (χ0) is 16.1. The van der Waals surface area contributed by atoms with Gasteiger partial charge in [-0.3, -0.25) is 4.79 Å². The van der Waals surface area contributed by atoms with E-state index >= 15 is 0 Å². The molecule has 6 heteroatoms. The molecule has 0 aromatic heterocycles. The Kier molecular flexibility index (Phi) is 4.49. The Balaban J connectivity index is 2.30. The monoisotopic (exact) mass is 298 g/mol. The maximum absolute atomic E-state index is 13.8. The van der Waals surface area contributed by atoms with Crippen LogP contribution in [-0.4, -0.2) is 19.0 Å². The predicted molar refractivity (Wildman–Crippen MR) is 76.8 cm³/mol. The second-order valence-corrected chi connectivity index (χ2v) is 4.30. The lowest BCUT2D eigenvalue weighted by molar-refractivity contribution is 0.0602. The highest BCUT2D eigenvalue weighted by Gasteiger charge is 2.16. The van der Waals surface area contributed by atoms with Gasteiger partial charge in [-0.15, -0.1) is 0 Å². The zero-order valence-electron chi connectivity index (χ0n) is 11.6. The number of hydrogen-bond acceptors (Lipinski definition) is 4. The Labute approximate surface area is 125 Å². The molecule has 2 aromatic carbocycles. The number of rotatable bonds is 3. The first-order chi connectivity index (χ1) is 10.6. The highest BCUT2D eigenvalue weighted by Crippen LogP contribution is 2.18. The van der Waals surface area contributed by atoms with Crippen molar-refractivity contribution in [3.05, 3.63) is 65.0 Å². The summed E-state index contributed by atoms with van der Waals surface area (Å²) in [6, 6.07) is 11.5. The number of hydrogen-bond donors (Lipinski definition) is 1. The number of nitrogens with zero attached hydrogens (tertiary/aromatic N) is 1. The summed E-state index contributed by atoms with van der Waals surface area (Å²) in [5.41, 5.74) is 0.262. The minimum atomic E-state index is -0.813. The molecule has 0 aliphatic rings. The molecule has 0 unspecified atom stereocenters. The summed E-state index contributed by atoms with van der Waals surface area (Å²) < 4.78 is 18.4. The number of esters is 1. The number of anilines is 1. The van der Waals surface area contributed by atoms with Crippen LogP contribution in [0.15, 0.2) is 42.5 Å². The molecule has 0 saturated heterocycles. The molecule has 0 spiro atoms. The van der Waals surface area contributed by atoms with Crippen LogP contribution < -0.4 is 5.32 Å². The van der Waals surface area contributed by atoms with E-state index in [9.17, 15) is 14.0 Å². The Morgan fingerprint density at radius 1 is 1.18 bits per heavy atom. The van der Waals surface area contributed by atoms with Gasteiger partial charge >= 0.3 is 5.97 Å². The van der Waals surface area contributed by atoms with Crippen LogP contribution >= 0.6 is 0 Å². The molecular weight excluding hydrogens is 287 g/mol. The van der Waals surface area contributed by atoms with Crippen molar-refractivity contribution < 1.29 is 18.7 Å². The summed E-state index contributed by atoms with van der Waals surface area (Å²) in [6.07, 6.45) is 0. The largest absolute Gasteiger partial charge is 0.465 e. The summed E-state index contributed by atoms with van der Waals surface area (Å²) >= 11 is 0. The van der Waals surface area contributed by atoms with E-state index in [1.54, 1.807) is 18.2 Å². The lowest BCUT2D eigenvalue weighted by atomic mass is 10.1. The van der Waals surface area contributed by atoms with Gasteiger partial charge in [-0.1, -0.05) is 12.1 Å². The van der Waals surface area contributed by atoms with E-state index in [1.165, 1.54) is 31.4 Å². The van der Waals surface area contributed by atoms with Crippen LogP contribution in [0, 0.1) is 17.1 Å². The summed E-state index contributed by atoms with van der Waals surface area (Å²) in [5.74, 6) is -2.15. The van der Waals surface area contributed by atoms with E-state index in [1.807, 2.05) is 0 Å². The van der Waals surface area contributed by atoms with Gasteiger partial charge in [-0.2, -0.15) is 5.26 Å². The van der Waals surface area contributed by atoms with E-state index in [-0.39, 0.29) is 22.4 Å². The number of nitriles is 1. The molecule has 0 aliphatic heterocycles. The summed E-state index contributed by atoms with van der Waals surface area (Å²) in [7, 11) is 1.22. The van der Waals surface area contributed by atoms with Crippen molar-refractivity contribution in [2.45, 2.75) is 0 Å². The molecule has 0 radical (unpaired) electrons. The van der Waals surface area contributed by atoms with E-state index in [2.05, 4.69) is 10.1 Å². The molecule has 0 heterocycles. The number of ether oxygens (including phenoxy) is 1. The summed E-state index contributed by atoms with van der Waals surface area (Å²) in [4.78, 5) is 23.7. The van der Waals surface area contributed by atoms with Gasteiger partial charge < -0.3 is 10.1 Å². The number of nitrogens with one attached hydrogen (secondary N) is 1. The van der Waals surface area contributed by atoms with E-state index in [4.69, 9.17) is 5.26 Å². The molecular formula is C16H11FN2O3. The maximum Gasteiger partial charge on any atom is 0.339 e. The van der Waals surface area contributed by atoms with E-state index < -0.39 is 17.7 Å². The average Bonchev–Trinajstić information content (AvgIpc) is 2.54. The molecule has 0 saturated carbocycles. The number of methoxy groups -OCH3 is 1. The fourth-order valence-corrected chi connectivity index (χ4v) is 1.84. The number of carbonyl (C=O) groups excluding carboxylic acids is 2. The Morgan fingerprint density at radius 3 is 2.55 bits per heavy atom. The highest BCUT2D eigenvalue weighted by molar-refractivity contribution is 6.08. The van der Waals surface area contributed by atoms with Crippen LogP contribution in [0.3, 0.4) is 0 Å². The van der Waals surface area contributed by atoms with Gasteiger partial charge in [-0.05, 0) is 30.3 Å². The Hall–Kier alpha value is -3.20. The molecule has 1 N–H and O–H groups in total. The highest BCUT2D eigenvalue weighted by atomic mass is 19.1. The molecule has 0 aliphatic carbocycles.